The Bertz CT molecular complexity index is 1600. The third kappa shape index (κ3) is 4.28. The van der Waals surface area contributed by atoms with Crippen LogP contribution >= 0.6 is 0 Å². The highest BCUT2D eigenvalue weighted by atomic mass is 32.2. The second-order valence-corrected chi connectivity index (χ2v) is 11.1. The number of fused-ring (bicyclic) bond motifs is 1. The van der Waals surface area contributed by atoms with Gasteiger partial charge < -0.3 is 5.73 Å². The van der Waals surface area contributed by atoms with Gasteiger partial charge in [-0.15, -0.1) is 0 Å². The summed E-state index contributed by atoms with van der Waals surface area (Å²) in [5.41, 5.74) is 9.01. The Morgan fingerprint density at radius 3 is 2.36 bits per heavy atom. The lowest BCUT2D eigenvalue weighted by atomic mass is 10.0. The number of hydrogen-bond acceptors (Lipinski definition) is 8. The smallest absolute Gasteiger partial charge is 0.246 e. The van der Waals surface area contributed by atoms with Crippen LogP contribution in [-0.2, 0) is 20.0 Å². The SMILES string of the molecule is CN(C)S(=O)(=O)c1cc(-c2ccc3nccc(-c4cccc(S(N)(=O)=O)c4)c3n2)cnc1N. The molecule has 0 unspecified atom stereocenters. The highest BCUT2D eigenvalue weighted by Gasteiger charge is 2.22. The quantitative estimate of drug-likeness (QED) is 0.433. The molecule has 0 saturated carbocycles. The van der Waals surface area contributed by atoms with Gasteiger partial charge in [0.15, 0.2) is 0 Å². The van der Waals surface area contributed by atoms with E-state index in [2.05, 4.69) is 15.0 Å². The summed E-state index contributed by atoms with van der Waals surface area (Å²) in [7, 11) is -4.89. The standard InChI is InChI=1S/C21H20N6O4S2/c1-27(2)33(30,31)19-11-14(12-25-21(19)22)17-6-7-18-20(26-17)16(8-9-24-18)13-4-3-5-15(10-13)32(23,28)29/h3-12H,1-2H3,(H2,22,25)(H2,23,28,29). The fourth-order valence-electron chi connectivity index (χ4n) is 3.26. The van der Waals surface area contributed by atoms with Crippen LogP contribution in [0, 0.1) is 0 Å². The molecular weight excluding hydrogens is 464 g/mol. The molecule has 0 aliphatic rings. The van der Waals surface area contributed by atoms with Crippen molar-refractivity contribution in [3.63, 3.8) is 0 Å². The first-order chi connectivity index (χ1) is 15.5. The van der Waals surface area contributed by atoms with E-state index in [9.17, 15) is 16.8 Å². The van der Waals surface area contributed by atoms with E-state index in [4.69, 9.17) is 10.9 Å². The Balaban J connectivity index is 1.91. The lowest BCUT2D eigenvalue weighted by molar-refractivity contribution is 0.521. The third-order valence-corrected chi connectivity index (χ3v) is 7.75. The molecule has 3 heterocycles. The lowest BCUT2D eigenvalue weighted by Gasteiger charge is -2.14. The first-order valence-electron chi connectivity index (χ1n) is 9.56. The summed E-state index contributed by atoms with van der Waals surface area (Å²) in [5, 5.41) is 5.27. The normalized spacial score (nSPS) is 12.4. The van der Waals surface area contributed by atoms with Crippen LogP contribution in [0.5, 0.6) is 0 Å². The van der Waals surface area contributed by atoms with Crippen LogP contribution in [0.15, 0.2) is 70.7 Å². The second-order valence-electron chi connectivity index (χ2n) is 7.39. The van der Waals surface area contributed by atoms with E-state index in [0.29, 0.717) is 33.4 Å². The van der Waals surface area contributed by atoms with Gasteiger partial charge in [0.25, 0.3) is 0 Å². The maximum absolute atomic E-state index is 12.6. The molecule has 0 atom stereocenters. The molecule has 12 heteroatoms. The van der Waals surface area contributed by atoms with Crippen molar-refractivity contribution < 1.29 is 16.8 Å². The maximum Gasteiger partial charge on any atom is 0.246 e. The summed E-state index contributed by atoms with van der Waals surface area (Å²) < 4.78 is 49.9. The first-order valence-corrected chi connectivity index (χ1v) is 12.5. The fraction of sp³-hybridized carbons (Fsp3) is 0.0952. The minimum atomic E-state index is -3.88. The van der Waals surface area contributed by atoms with Gasteiger partial charge in [-0.25, -0.2) is 36.2 Å². The molecule has 1 aromatic carbocycles. The minimum absolute atomic E-state index is 0.0256. The van der Waals surface area contributed by atoms with Crippen molar-refractivity contribution in [3.8, 4) is 22.4 Å². The third-order valence-electron chi connectivity index (χ3n) is 4.99. The number of primary sulfonamides is 1. The highest BCUT2D eigenvalue weighted by Crippen LogP contribution is 2.31. The van der Waals surface area contributed by atoms with Gasteiger partial charge in [0.2, 0.25) is 20.0 Å². The Morgan fingerprint density at radius 2 is 1.67 bits per heavy atom. The van der Waals surface area contributed by atoms with Crippen LogP contribution in [0.25, 0.3) is 33.4 Å². The number of pyridine rings is 3. The number of aromatic nitrogens is 3. The van der Waals surface area contributed by atoms with Gasteiger partial charge in [-0.3, -0.25) is 4.98 Å². The Kier molecular flexibility index (Phi) is 5.62. The zero-order valence-corrected chi connectivity index (χ0v) is 19.3. The van der Waals surface area contributed by atoms with E-state index in [1.54, 1.807) is 36.5 Å². The van der Waals surface area contributed by atoms with Gasteiger partial charge >= 0.3 is 0 Å². The first kappa shape index (κ1) is 22.7. The lowest BCUT2D eigenvalue weighted by Crippen LogP contribution is -2.23. The van der Waals surface area contributed by atoms with Crippen LogP contribution in [0.3, 0.4) is 0 Å². The molecule has 4 rings (SSSR count). The number of nitrogen functional groups attached to an aromatic ring is 1. The van der Waals surface area contributed by atoms with Gasteiger partial charge in [0.05, 0.1) is 21.6 Å². The van der Waals surface area contributed by atoms with E-state index in [1.807, 2.05) is 0 Å². The highest BCUT2D eigenvalue weighted by molar-refractivity contribution is 7.89. The molecule has 0 fully saturated rings. The number of anilines is 1. The summed E-state index contributed by atoms with van der Waals surface area (Å²) in [5.74, 6) is -0.115. The van der Waals surface area contributed by atoms with E-state index in [0.717, 1.165) is 4.31 Å². The molecule has 33 heavy (non-hydrogen) atoms. The van der Waals surface area contributed by atoms with Crippen LogP contribution in [0.2, 0.25) is 0 Å². The van der Waals surface area contributed by atoms with Gasteiger partial charge in [0.1, 0.15) is 10.7 Å². The summed E-state index contributed by atoms with van der Waals surface area (Å²) in [6.07, 6.45) is 3.03. The molecule has 0 amide bonds. The topological polar surface area (TPSA) is 162 Å². The van der Waals surface area contributed by atoms with Crippen LogP contribution < -0.4 is 10.9 Å². The number of benzene rings is 1. The molecule has 0 spiro atoms. The summed E-state index contributed by atoms with van der Waals surface area (Å²) in [6, 6.07) is 12.8. The summed E-state index contributed by atoms with van der Waals surface area (Å²) in [6.45, 7) is 0. The molecule has 3 aromatic heterocycles. The van der Waals surface area contributed by atoms with Crippen LogP contribution in [0.4, 0.5) is 5.82 Å². The van der Waals surface area contributed by atoms with Crippen LogP contribution in [-0.4, -0.2) is 50.2 Å². The molecule has 170 valence electrons. The van der Waals surface area contributed by atoms with Crippen molar-refractivity contribution in [2.45, 2.75) is 9.79 Å². The molecule has 10 nitrogen and oxygen atoms in total. The van der Waals surface area contributed by atoms with E-state index in [-0.39, 0.29) is 15.6 Å². The number of nitrogens with two attached hydrogens (primary N) is 2. The number of nitrogens with zero attached hydrogens (tertiary/aromatic N) is 4. The van der Waals surface area contributed by atoms with Crippen LogP contribution in [0.1, 0.15) is 0 Å². The monoisotopic (exact) mass is 484 g/mol. The molecule has 4 N–H and O–H groups in total. The van der Waals surface area contributed by atoms with Gasteiger partial charge in [-0.1, -0.05) is 12.1 Å². The van der Waals surface area contributed by atoms with Crippen molar-refractivity contribution in [1.29, 1.82) is 0 Å². The van der Waals surface area contributed by atoms with Gasteiger partial charge in [-0.05, 0) is 42.0 Å². The minimum Gasteiger partial charge on any atom is -0.383 e. The Labute approximate surface area is 191 Å². The number of sulfonamides is 2. The molecule has 0 radical (unpaired) electrons. The van der Waals surface area contributed by atoms with Crippen molar-refractivity contribution in [2.24, 2.45) is 5.14 Å². The van der Waals surface area contributed by atoms with Crippen molar-refractivity contribution in [3.05, 3.63) is 60.9 Å². The zero-order valence-electron chi connectivity index (χ0n) is 17.7. The second kappa shape index (κ2) is 8.15. The van der Waals surface area contributed by atoms with Gasteiger partial charge in [0, 0.05) is 37.6 Å². The van der Waals surface area contributed by atoms with Crippen molar-refractivity contribution >= 4 is 36.9 Å². The molecular formula is C21H20N6O4S2. The Morgan fingerprint density at radius 1 is 0.909 bits per heavy atom. The maximum atomic E-state index is 12.6. The molecule has 0 saturated heterocycles. The molecule has 4 aromatic rings. The molecule has 0 aliphatic heterocycles. The number of hydrogen-bond donors (Lipinski definition) is 2. The predicted octanol–water partition coefficient (Wildman–Crippen LogP) is 1.84. The van der Waals surface area contributed by atoms with Gasteiger partial charge in [-0.2, -0.15) is 0 Å². The fourth-order valence-corrected chi connectivity index (χ4v) is 4.80. The predicted molar refractivity (Wildman–Crippen MR) is 125 cm³/mol. The summed E-state index contributed by atoms with van der Waals surface area (Å²) in [4.78, 5) is 12.9. The van der Waals surface area contributed by atoms with Crippen molar-refractivity contribution in [2.75, 3.05) is 19.8 Å². The Hall–Kier alpha value is -3.45. The molecule has 0 bridgehead atoms. The average molecular weight is 485 g/mol. The van der Waals surface area contributed by atoms with Crippen molar-refractivity contribution in [1.82, 2.24) is 19.3 Å². The van der Waals surface area contributed by atoms with E-state index in [1.165, 1.54) is 38.5 Å². The number of rotatable bonds is 5. The van der Waals surface area contributed by atoms with E-state index >= 15 is 0 Å². The average Bonchev–Trinajstić information content (AvgIpc) is 2.78. The molecule has 0 aliphatic carbocycles. The zero-order chi connectivity index (χ0) is 24.0. The summed E-state index contributed by atoms with van der Waals surface area (Å²) >= 11 is 0. The van der Waals surface area contributed by atoms with E-state index < -0.39 is 20.0 Å². The largest absolute Gasteiger partial charge is 0.383 e.